The molecule has 0 saturated carbocycles. The van der Waals surface area contributed by atoms with E-state index in [0.29, 0.717) is 20.8 Å². The normalized spacial score (nSPS) is 14.5. The number of hydrogen-bond donors (Lipinski definition) is 2. The zero-order valence-corrected chi connectivity index (χ0v) is 18.5. The quantitative estimate of drug-likeness (QED) is 0.440. The third-order valence-corrected chi connectivity index (χ3v) is 5.84. The Balaban J connectivity index is 1.80. The lowest BCUT2D eigenvalue weighted by Crippen LogP contribution is -2.30. The van der Waals surface area contributed by atoms with E-state index in [9.17, 15) is 4.79 Å². The van der Waals surface area contributed by atoms with E-state index in [1.165, 1.54) is 6.42 Å². The molecule has 8 nitrogen and oxygen atoms in total. The first-order valence-electron chi connectivity index (χ1n) is 9.84. The molecule has 0 amide bonds. The molecule has 0 unspecified atom stereocenters. The van der Waals surface area contributed by atoms with Crippen molar-refractivity contribution in [3.05, 3.63) is 55.8 Å². The first kappa shape index (κ1) is 20.4. The fourth-order valence-corrected chi connectivity index (χ4v) is 4.18. The minimum absolute atomic E-state index is 0.233. The largest absolute Gasteiger partial charge is 0.356 e. The molecule has 1 fully saturated rings. The van der Waals surface area contributed by atoms with Gasteiger partial charge < -0.3 is 14.9 Å². The van der Waals surface area contributed by atoms with Gasteiger partial charge >= 0.3 is 0 Å². The number of azo groups is 1. The van der Waals surface area contributed by atoms with Crippen LogP contribution in [-0.4, -0.2) is 32.4 Å². The molecule has 3 heterocycles. The molecule has 2 N–H and O–H groups in total. The van der Waals surface area contributed by atoms with Gasteiger partial charge in [0.25, 0.3) is 5.56 Å². The summed E-state index contributed by atoms with van der Waals surface area (Å²) in [6.45, 7) is 3.65. The van der Waals surface area contributed by atoms with Gasteiger partial charge in [0.2, 0.25) is 0 Å². The molecule has 30 heavy (non-hydrogen) atoms. The molecule has 1 saturated heterocycles. The Hall–Kier alpha value is -2.85. The topological polar surface area (TPSA) is 86.5 Å². The molecule has 2 aromatic heterocycles. The van der Waals surface area contributed by atoms with Crippen molar-refractivity contribution in [2.45, 2.75) is 26.2 Å². The number of nitrogens with one attached hydrogen (secondary N) is 2. The first-order chi connectivity index (χ1) is 14.5. The van der Waals surface area contributed by atoms with Crippen molar-refractivity contribution in [1.29, 1.82) is 0 Å². The van der Waals surface area contributed by atoms with E-state index in [1.807, 2.05) is 44.3 Å². The molecular formula is C20H23N7OS2. The Labute approximate surface area is 183 Å². The highest BCUT2D eigenvalue weighted by Crippen LogP contribution is 2.31. The third-order valence-electron chi connectivity index (χ3n) is 5.34. The van der Waals surface area contributed by atoms with Crippen LogP contribution in [0, 0.1) is 16.3 Å². The maximum absolute atomic E-state index is 13.1. The zero-order valence-electron chi connectivity index (χ0n) is 16.9. The predicted molar refractivity (Wildman–Crippen MR) is 123 cm³/mol. The summed E-state index contributed by atoms with van der Waals surface area (Å²) in [6, 6.07) is 9.45. The second-order valence-electron chi connectivity index (χ2n) is 7.26. The van der Waals surface area contributed by atoms with Crippen molar-refractivity contribution in [2.24, 2.45) is 17.3 Å². The number of aromatic nitrogens is 4. The molecule has 10 heteroatoms. The Morgan fingerprint density at radius 1 is 0.967 bits per heavy atom. The highest BCUT2D eigenvalue weighted by atomic mass is 32.1. The molecule has 4 rings (SSSR count). The number of rotatable bonds is 4. The highest BCUT2D eigenvalue weighted by Gasteiger charge is 2.19. The molecule has 0 spiro atoms. The van der Waals surface area contributed by atoms with Crippen molar-refractivity contribution in [3.8, 4) is 5.69 Å². The maximum Gasteiger partial charge on any atom is 0.299 e. The van der Waals surface area contributed by atoms with Gasteiger partial charge in [-0.2, -0.15) is 0 Å². The molecule has 0 bridgehead atoms. The Morgan fingerprint density at radius 2 is 1.63 bits per heavy atom. The SMILES string of the molecule is Cc1c(N=Nc2c(N3CCCCC3)[nH]c(=S)[nH]c2=S)c(=O)n(-c2ccccc2)n1C. The van der Waals surface area contributed by atoms with Crippen LogP contribution in [0.15, 0.2) is 45.4 Å². The summed E-state index contributed by atoms with van der Waals surface area (Å²) in [5.41, 5.74) is 2.02. The van der Waals surface area contributed by atoms with Crippen LogP contribution < -0.4 is 10.5 Å². The first-order valence-corrected chi connectivity index (χ1v) is 10.7. The van der Waals surface area contributed by atoms with Crippen LogP contribution in [0.3, 0.4) is 0 Å². The van der Waals surface area contributed by atoms with Crippen LogP contribution in [-0.2, 0) is 7.05 Å². The van der Waals surface area contributed by atoms with Crippen LogP contribution in [0.5, 0.6) is 0 Å². The number of anilines is 1. The summed E-state index contributed by atoms with van der Waals surface area (Å²) in [5, 5.41) is 8.74. The van der Waals surface area contributed by atoms with Gasteiger partial charge in [0, 0.05) is 20.1 Å². The third kappa shape index (κ3) is 3.80. The molecule has 1 aliphatic heterocycles. The van der Waals surface area contributed by atoms with Crippen LogP contribution in [0.25, 0.3) is 5.69 Å². The predicted octanol–water partition coefficient (Wildman–Crippen LogP) is 5.01. The minimum atomic E-state index is -0.233. The van der Waals surface area contributed by atoms with Gasteiger partial charge in [-0.05, 0) is 50.5 Å². The number of para-hydroxylation sites is 1. The molecule has 156 valence electrons. The van der Waals surface area contributed by atoms with E-state index in [-0.39, 0.29) is 11.2 Å². The fraction of sp³-hybridized carbons (Fsp3) is 0.350. The van der Waals surface area contributed by atoms with E-state index in [1.54, 1.807) is 9.36 Å². The molecule has 0 radical (unpaired) electrons. The van der Waals surface area contributed by atoms with Crippen molar-refractivity contribution in [2.75, 3.05) is 18.0 Å². The molecule has 1 aromatic carbocycles. The second kappa shape index (κ2) is 8.49. The summed E-state index contributed by atoms with van der Waals surface area (Å²) < 4.78 is 4.20. The Morgan fingerprint density at radius 3 is 2.33 bits per heavy atom. The van der Waals surface area contributed by atoms with Crippen molar-refractivity contribution < 1.29 is 0 Å². The Bertz CT molecular complexity index is 1260. The number of hydrogen-bond acceptors (Lipinski definition) is 6. The second-order valence-corrected chi connectivity index (χ2v) is 8.08. The fourth-order valence-electron chi connectivity index (χ4n) is 3.68. The van der Waals surface area contributed by atoms with E-state index in [4.69, 9.17) is 24.4 Å². The van der Waals surface area contributed by atoms with Gasteiger partial charge in [0.05, 0.1) is 11.4 Å². The van der Waals surface area contributed by atoms with Gasteiger partial charge in [-0.1, -0.05) is 30.4 Å². The summed E-state index contributed by atoms with van der Waals surface area (Å²) in [7, 11) is 1.83. The molecule has 1 aliphatic rings. The highest BCUT2D eigenvalue weighted by molar-refractivity contribution is 7.72. The average molecular weight is 442 g/mol. The van der Waals surface area contributed by atoms with E-state index in [0.717, 1.165) is 37.4 Å². The summed E-state index contributed by atoms with van der Waals surface area (Å²) >= 11 is 10.8. The Kier molecular flexibility index (Phi) is 5.78. The maximum atomic E-state index is 13.1. The molecular weight excluding hydrogens is 418 g/mol. The number of H-pyrrole nitrogens is 2. The summed E-state index contributed by atoms with van der Waals surface area (Å²) in [5.74, 6) is 0.754. The van der Waals surface area contributed by atoms with Crippen molar-refractivity contribution >= 4 is 41.6 Å². The smallest absolute Gasteiger partial charge is 0.299 e. The number of aromatic amines is 2. The van der Waals surface area contributed by atoms with E-state index in [2.05, 4.69) is 25.1 Å². The van der Waals surface area contributed by atoms with Gasteiger partial charge in [-0.15, -0.1) is 10.2 Å². The lowest BCUT2D eigenvalue weighted by molar-refractivity contribution is 0.573. The van der Waals surface area contributed by atoms with Crippen LogP contribution in [0.4, 0.5) is 17.2 Å². The van der Waals surface area contributed by atoms with Crippen LogP contribution in [0.1, 0.15) is 25.0 Å². The number of benzene rings is 1. The van der Waals surface area contributed by atoms with E-state index >= 15 is 0 Å². The van der Waals surface area contributed by atoms with Gasteiger partial charge in [0.1, 0.15) is 10.5 Å². The molecule has 0 atom stereocenters. The summed E-state index contributed by atoms with van der Waals surface area (Å²) in [6.07, 6.45) is 3.40. The van der Waals surface area contributed by atoms with E-state index < -0.39 is 0 Å². The average Bonchev–Trinajstić information content (AvgIpc) is 2.96. The molecule has 3 aromatic rings. The molecule has 0 aliphatic carbocycles. The van der Waals surface area contributed by atoms with Crippen molar-refractivity contribution in [1.82, 2.24) is 19.3 Å². The van der Waals surface area contributed by atoms with Crippen LogP contribution >= 0.6 is 24.4 Å². The lowest BCUT2D eigenvalue weighted by atomic mass is 10.1. The lowest BCUT2D eigenvalue weighted by Gasteiger charge is -2.28. The number of nitrogens with zero attached hydrogens (tertiary/aromatic N) is 5. The monoisotopic (exact) mass is 441 g/mol. The van der Waals surface area contributed by atoms with Gasteiger partial charge in [0.15, 0.2) is 16.1 Å². The van der Waals surface area contributed by atoms with Gasteiger partial charge in [-0.25, -0.2) is 4.68 Å². The van der Waals surface area contributed by atoms with Gasteiger partial charge in [-0.3, -0.25) is 9.48 Å². The standard InChI is InChI=1S/C20H23N7OS2/c1-13-15(19(28)27(25(13)2)14-9-5-3-6-10-14)23-24-16-17(21-20(30)22-18(16)29)26-11-7-4-8-12-26/h3,5-6,9-10H,4,7-8,11-12H2,1-2H3,(H2,21,22,29,30). The number of piperidine rings is 1. The van der Waals surface area contributed by atoms with Crippen LogP contribution in [0.2, 0.25) is 0 Å². The summed E-state index contributed by atoms with van der Waals surface area (Å²) in [4.78, 5) is 21.4. The zero-order chi connectivity index (χ0) is 21.3. The minimum Gasteiger partial charge on any atom is -0.356 e. The van der Waals surface area contributed by atoms with Crippen molar-refractivity contribution in [3.63, 3.8) is 0 Å².